The molecule has 1 N–H and O–H groups in total. The SMILES string of the molecule is COc1ccc(N2CC(NC(=O)c3cccc4ccccc34)CC2=O)cc1. The van der Waals surface area contributed by atoms with Gasteiger partial charge in [-0.05, 0) is 41.1 Å². The molecule has 0 saturated carbocycles. The van der Waals surface area contributed by atoms with Gasteiger partial charge in [0, 0.05) is 24.2 Å². The fraction of sp³-hybridized carbons (Fsp3) is 0.182. The van der Waals surface area contributed by atoms with Crippen molar-refractivity contribution in [3.05, 3.63) is 72.3 Å². The van der Waals surface area contributed by atoms with E-state index in [9.17, 15) is 9.59 Å². The van der Waals surface area contributed by atoms with Gasteiger partial charge in [-0.2, -0.15) is 0 Å². The molecule has 1 fully saturated rings. The lowest BCUT2D eigenvalue weighted by molar-refractivity contribution is -0.117. The number of carbonyl (C=O) groups is 2. The van der Waals surface area contributed by atoms with Crippen molar-refractivity contribution in [1.29, 1.82) is 0 Å². The summed E-state index contributed by atoms with van der Waals surface area (Å²) in [6, 6.07) is 20.6. The quantitative estimate of drug-likeness (QED) is 0.776. The number of hydrogen-bond donors (Lipinski definition) is 1. The first-order valence-electron chi connectivity index (χ1n) is 8.89. The Hall–Kier alpha value is -3.34. The highest BCUT2D eigenvalue weighted by atomic mass is 16.5. The van der Waals surface area contributed by atoms with Crippen molar-refractivity contribution in [3.8, 4) is 5.75 Å². The molecule has 1 aliphatic heterocycles. The average Bonchev–Trinajstić information content (AvgIpc) is 3.07. The van der Waals surface area contributed by atoms with E-state index in [1.54, 1.807) is 12.0 Å². The third kappa shape index (κ3) is 3.36. The molecule has 136 valence electrons. The molecular weight excluding hydrogens is 340 g/mol. The van der Waals surface area contributed by atoms with Gasteiger partial charge in [-0.15, -0.1) is 0 Å². The Morgan fingerprint density at radius 2 is 1.78 bits per heavy atom. The molecule has 5 nitrogen and oxygen atoms in total. The Balaban J connectivity index is 1.50. The van der Waals surface area contributed by atoms with Crippen LogP contribution in [0.3, 0.4) is 0 Å². The molecule has 0 aliphatic carbocycles. The summed E-state index contributed by atoms with van der Waals surface area (Å²) in [6.45, 7) is 0.460. The predicted octanol–water partition coefficient (Wildman–Crippen LogP) is 3.38. The number of rotatable bonds is 4. The summed E-state index contributed by atoms with van der Waals surface area (Å²) >= 11 is 0. The van der Waals surface area contributed by atoms with Crippen LogP contribution in [0.25, 0.3) is 10.8 Å². The van der Waals surface area contributed by atoms with Gasteiger partial charge in [-0.3, -0.25) is 9.59 Å². The van der Waals surface area contributed by atoms with Gasteiger partial charge in [0.05, 0.1) is 13.2 Å². The Morgan fingerprint density at radius 3 is 2.56 bits per heavy atom. The van der Waals surface area contributed by atoms with Crippen molar-refractivity contribution in [3.63, 3.8) is 0 Å². The third-order valence-electron chi connectivity index (χ3n) is 4.88. The van der Waals surface area contributed by atoms with Crippen LogP contribution in [0.15, 0.2) is 66.7 Å². The number of anilines is 1. The second kappa shape index (κ2) is 7.11. The van der Waals surface area contributed by atoms with E-state index in [1.807, 2.05) is 66.7 Å². The highest BCUT2D eigenvalue weighted by Crippen LogP contribution is 2.25. The number of methoxy groups -OCH3 is 1. The third-order valence-corrected chi connectivity index (χ3v) is 4.88. The molecule has 0 radical (unpaired) electrons. The number of carbonyl (C=O) groups excluding carboxylic acids is 2. The van der Waals surface area contributed by atoms with Crippen LogP contribution in [0, 0.1) is 0 Å². The van der Waals surface area contributed by atoms with Crippen LogP contribution in [0.4, 0.5) is 5.69 Å². The fourth-order valence-corrected chi connectivity index (χ4v) is 3.50. The van der Waals surface area contributed by atoms with E-state index >= 15 is 0 Å². The average molecular weight is 360 g/mol. The topological polar surface area (TPSA) is 58.6 Å². The molecule has 1 heterocycles. The monoisotopic (exact) mass is 360 g/mol. The number of benzene rings is 3. The smallest absolute Gasteiger partial charge is 0.252 e. The summed E-state index contributed by atoms with van der Waals surface area (Å²) in [5.74, 6) is 0.593. The van der Waals surface area contributed by atoms with E-state index in [2.05, 4.69) is 5.32 Å². The number of amides is 2. The molecule has 2 amide bonds. The highest BCUT2D eigenvalue weighted by molar-refractivity contribution is 6.07. The summed E-state index contributed by atoms with van der Waals surface area (Å²) in [4.78, 5) is 26.9. The van der Waals surface area contributed by atoms with Crippen LogP contribution >= 0.6 is 0 Å². The van der Waals surface area contributed by atoms with Gasteiger partial charge in [0.1, 0.15) is 5.75 Å². The van der Waals surface area contributed by atoms with Gasteiger partial charge in [0.2, 0.25) is 5.91 Å². The van der Waals surface area contributed by atoms with Gasteiger partial charge < -0.3 is 15.0 Å². The molecule has 1 unspecified atom stereocenters. The first-order chi connectivity index (χ1) is 13.2. The maximum atomic E-state index is 12.8. The van der Waals surface area contributed by atoms with Crippen LogP contribution in [-0.2, 0) is 4.79 Å². The largest absolute Gasteiger partial charge is 0.497 e. The Labute approximate surface area is 157 Å². The van der Waals surface area contributed by atoms with Gasteiger partial charge in [0.15, 0.2) is 0 Å². The molecule has 5 heteroatoms. The van der Waals surface area contributed by atoms with Gasteiger partial charge in [-0.1, -0.05) is 36.4 Å². The zero-order chi connectivity index (χ0) is 18.8. The molecule has 27 heavy (non-hydrogen) atoms. The van der Waals surface area contributed by atoms with Gasteiger partial charge in [0.25, 0.3) is 5.91 Å². The number of fused-ring (bicyclic) bond motifs is 1. The van der Waals surface area contributed by atoms with Crippen LogP contribution in [0.2, 0.25) is 0 Å². The van der Waals surface area contributed by atoms with Crippen molar-refractivity contribution in [2.24, 2.45) is 0 Å². The summed E-state index contributed by atoms with van der Waals surface area (Å²) < 4.78 is 5.16. The predicted molar refractivity (Wildman–Crippen MR) is 105 cm³/mol. The van der Waals surface area contributed by atoms with Crippen LogP contribution in [-0.4, -0.2) is 31.5 Å². The van der Waals surface area contributed by atoms with E-state index < -0.39 is 0 Å². The van der Waals surface area contributed by atoms with Gasteiger partial charge >= 0.3 is 0 Å². The highest BCUT2D eigenvalue weighted by Gasteiger charge is 2.32. The number of nitrogens with zero attached hydrogens (tertiary/aromatic N) is 1. The molecule has 0 aromatic heterocycles. The minimum absolute atomic E-state index is 0.00314. The van der Waals surface area contributed by atoms with Gasteiger partial charge in [-0.25, -0.2) is 0 Å². The number of ether oxygens (including phenoxy) is 1. The second-order valence-electron chi connectivity index (χ2n) is 6.60. The zero-order valence-electron chi connectivity index (χ0n) is 15.0. The molecule has 1 saturated heterocycles. The molecular formula is C22H20N2O3. The Bertz CT molecular complexity index is 993. The number of nitrogens with one attached hydrogen (secondary N) is 1. The lowest BCUT2D eigenvalue weighted by Crippen LogP contribution is -2.37. The maximum Gasteiger partial charge on any atom is 0.252 e. The minimum Gasteiger partial charge on any atom is -0.497 e. The normalized spacial score (nSPS) is 16.6. The summed E-state index contributed by atoms with van der Waals surface area (Å²) in [7, 11) is 1.61. The van der Waals surface area contributed by atoms with Crippen molar-refractivity contribution in [2.75, 3.05) is 18.6 Å². The second-order valence-corrected chi connectivity index (χ2v) is 6.60. The molecule has 4 rings (SSSR count). The standard InChI is InChI=1S/C22H20N2O3/c1-27-18-11-9-17(10-12-18)24-14-16(13-21(24)25)23-22(26)20-8-4-6-15-5-2-3-7-19(15)20/h2-12,16H,13-14H2,1H3,(H,23,26). The van der Waals surface area contributed by atoms with Crippen molar-refractivity contribution in [1.82, 2.24) is 5.32 Å². The number of hydrogen-bond acceptors (Lipinski definition) is 3. The Kier molecular flexibility index (Phi) is 4.50. The van der Waals surface area contributed by atoms with E-state index in [4.69, 9.17) is 4.74 Å². The Morgan fingerprint density at radius 1 is 1.04 bits per heavy atom. The van der Waals surface area contributed by atoms with E-state index in [1.165, 1.54) is 0 Å². The van der Waals surface area contributed by atoms with E-state index in [-0.39, 0.29) is 17.9 Å². The van der Waals surface area contributed by atoms with Crippen molar-refractivity contribution >= 4 is 28.3 Å². The molecule has 1 aliphatic rings. The molecule has 1 atom stereocenters. The van der Waals surface area contributed by atoms with Crippen LogP contribution in [0.5, 0.6) is 5.75 Å². The summed E-state index contributed by atoms with van der Waals surface area (Å²) in [5, 5.41) is 4.95. The zero-order valence-corrected chi connectivity index (χ0v) is 15.0. The maximum absolute atomic E-state index is 12.8. The molecule has 0 bridgehead atoms. The van der Waals surface area contributed by atoms with E-state index in [0.717, 1.165) is 22.2 Å². The summed E-state index contributed by atoms with van der Waals surface area (Å²) in [5.41, 5.74) is 1.44. The molecule has 0 spiro atoms. The minimum atomic E-state index is -0.217. The molecule has 3 aromatic carbocycles. The molecule has 3 aromatic rings. The lowest BCUT2D eigenvalue weighted by Gasteiger charge is -2.18. The van der Waals surface area contributed by atoms with E-state index in [0.29, 0.717) is 18.5 Å². The summed E-state index contributed by atoms with van der Waals surface area (Å²) in [6.07, 6.45) is 0.294. The van der Waals surface area contributed by atoms with Crippen molar-refractivity contribution in [2.45, 2.75) is 12.5 Å². The first kappa shape index (κ1) is 17.1. The lowest BCUT2D eigenvalue weighted by atomic mass is 10.0. The first-order valence-corrected chi connectivity index (χ1v) is 8.89. The van der Waals surface area contributed by atoms with Crippen molar-refractivity contribution < 1.29 is 14.3 Å². The fourth-order valence-electron chi connectivity index (χ4n) is 3.50. The van der Waals surface area contributed by atoms with Crippen LogP contribution < -0.4 is 15.0 Å². The van der Waals surface area contributed by atoms with Crippen LogP contribution in [0.1, 0.15) is 16.8 Å².